The van der Waals surface area contributed by atoms with Gasteiger partial charge in [-0.05, 0) is 43.3 Å². The Kier molecular flexibility index (Phi) is 5.87. The molecule has 0 fully saturated rings. The van der Waals surface area contributed by atoms with Crippen molar-refractivity contribution in [2.45, 2.75) is 13.5 Å². The van der Waals surface area contributed by atoms with Crippen LogP contribution in [-0.2, 0) is 6.54 Å². The summed E-state index contributed by atoms with van der Waals surface area (Å²) in [5, 5.41) is 1.01. The van der Waals surface area contributed by atoms with Gasteiger partial charge in [0.15, 0.2) is 11.5 Å². The lowest BCUT2D eigenvalue weighted by molar-refractivity contribution is 0.355. The summed E-state index contributed by atoms with van der Waals surface area (Å²) in [6.07, 6.45) is 1.67. The fourth-order valence-electron chi connectivity index (χ4n) is 4.00. The van der Waals surface area contributed by atoms with Crippen molar-refractivity contribution in [3.63, 3.8) is 0 Å². The first-order valence-electron chi connectivity index (χ1n) is 11.0. The number of ether oxygens (including phenoxy) is 2. The van der Waals surface area contributed by atoms with Crippen molar-refractivity contribution in [2.75, 3.05) is 19.1 Å². The fourth-order valence-corrected chi connectivity index (χ4v) is 4.00. The van der Waals surface area contributed by atoms with E-state index in [2.05, 4.69) is 31.2 Å². The minimum absolute atomic E-state index is 0.452. The molecule has 2 aromatic heterocycles. The molecule has 0 aliphatic heterocycles. The Morgan fingerprint density at radius 2 is 1.65 bits per heavy atom. The predicted molar refractivity (Wildman–Crippen MR) is 134 cm³/mol. The van der Waals surface area contributed by atoms with Crippen LogP contribution in [0.25, 0.3) is 22.2 Å². The lowest BCUT2D eigenvalue weighted by Crippen LogP contribution is -2.19. The van der Waals surface area contributed by atoms with Crippen LogP contribution < -0.4 is 14.4 Å². The van der Waals surface area contributed by atoms with E-state index in [9.17, 15) is 0 Å². The number of aryl methyl sites for hydroxylation is 1. The van der Waals surface area contributed by atoms with Crippen LogP contribution in [0.2, 0.25) is 0 Å². The van der Waals surface area contributed by atoms with Gasteiger partial charge in [0.05, 0.1) is 38.2 Å². The first-order chi connectivity index (χ1) is 16.7. The minimum Gasteiger partial charge on any atom is -0.493 e. The van der Waals surface area contributed by atoms with Crippen molar-refractivity contribution < 1.29 is 13.9 Å². The summed E-state index contributed by atoms with van der Waals surface area (Å²) in [6.45, 7) is 2.53. The summed E-state index contributed by atoms with van der Waals surface area (Å²) in [6, 6.07) is 26.0. The van der Waals surface area contributed by atoms with Gasteiger partial charge in [0, 0.05) is 22.7 Å². The molecule has 0 aliphatic rings. The normalized spacial score (nSPS) is 10.9. The smallest absolute Gasteiger partial charge is 0.231 e. The zero-order chi connectivity index (χ0) is 23.5. The Labute approximate surface area is 198 Å². The average molecular weight is 452 g/mol. The summed E-state index contributed by atoms with van der Waals surface area (Å²) in [5.41, 5.74) is 4.81. The molecule has 34 heavy (non-hydrogen) atoms. The second kappa shape index (κ2) is 9.27. The number of rotatable bonds is 7. The van der Waals surface area contributed by atoms with Crippen molar-refractivity contribution in [2.24, 2.45) is 0 Å². The zero-order valence-corrected chi connectivity index (χ0v) is 19.4. The van der Waals surface area contributed by atoms with Crippen molar-refractivity contribution in [1.82, 2.24) is 9.97 Å². The molecule has 5 aromatic rings. The van der Waals surface area contributed by atoms with Gasteiger partial charge in [-0.1, -0.05) is 42.0 Å². The predicted octanol–water partition coefficient (Wildman–Crippen LogP) is 6.55. The lowest BCUT2D eigenvalue weighted by Gasteiger charge is -2.24. The number of benzene rings is 3. The summed E-state index contributed by atoms with van der Waals surface area (Å²) in [7, 11) is 3.25. The molecule has 0 aliphatic carbocycles. The van der Waals surface area contributed by atoms with Gasteiger partial charge in [-0.25, -0.2) is 9.97 Å². The Morgan fingerprint density at radius 3 is 2.38 bits per heavy atom. The molecule has 0 saturated heterocycles. The Bertz CT molecular complexity index is 1420. The van der Waals surface area contributed by atoms with E-state index in [1.807, 2.05) is 59.5 Å². The third kappa shape index (κ3) is 4.18. The van der Waals surface area contributed by atoms with Crippen LogP contribution in [0.4, 0.5) is 11.6 Å². The third-order valence-electron chi connectivity index (χ3n) is 5.70. The highest BCUT2D eigenvalue weighted by molar-refractivity contribution is 5.94. The van der Waals surface area contributed by atoms with Gasteiger partial charge >= 0.3 is 0 Å². The molecule has 0 spiro atoms. The molecule has 6 nitrogen and oxygen atoms in total. The van der Waals surface area contributed by atoms with Crippen molar-refractivity contribution in [3.05, 3.63) is 96.4 Å². The van der Waals surface area contributed by atoms with E-state index in [0.717, 1.165) is 39.2 Å². The van der Waals surface area contributed by atoms with Gasteiger partial charge in [-0.2, -0.15) is 0 Å². The molecule has 0 saturated carbocycles. The molecule has 170 valence electrons. The Morgan fingerprint density at radius 1 is 0.824 bits per heavy atom. The molecular weight excluding hydrogens is 426 g/mol. The first-order valence-corrected chi connectivity index (χ1v) is 11.0. The zero-order valence-electron chi connectivity index (χ0n) is 19.4. The highest BCUT2D eigenvalue weighted by atomic mass is 16.5. The number of anilines is 2. The van der Waals surface area contributed by atoms with Crippen LogP contribution in [0, 0.1) is 6.92 Å². The second-order valence-corrected chi connectivity index (χ2v) is 7.96. The Hall–Kier alpha value is -4.32. The number of hydrogen-bond donors (Lipinski definition) is 0. The summed E-state index contributed by atoms with van der Waals surface area (Å²) in [4.78, 5) is 12.0. The van der Waals surface area contributed by atoms with E-state index in [0.29, 0.717) is 24.0 Å². The van der Waals surface area contributed by atoms with E-state index in [4.69, 9.17) is 23.9 Å². The highest BCUT2D eigenvalue weighted by Gasteiger charge is 2.20. The lowest BCUT2D eigenvalue weighted by atomic mass is 10.0. The highest BCUT2D eigenvalue weighted by Crippen LogP contribution is 2.36. The van der Waals surface area contributed by atoms with Crippen molar-refractivity contribution in [3.8, 4) is 22.8 Å². The Balaban J connectivity index is 1.72. The van der Waals surface area contributed by atoms with Crippen LogP contribution >= 0.6 is 0 Å². The van der Waals surface area contributed by atoms with Crippen LogP contribution in [-0.4, -0.2) is 24.2 Å². The maximum absolute atomic E-state index is 5.67. The van der Waals surface area contributed by atoms with E-state index in [1.165, 1.54) is 0 Å². The summed E-state index contributed by atoms with van der Waals surface area (Å²) in [5.74, 6) is 2.65. The molecule has 0 N–H and O–H groups in total. The number of hydrogen-bond acceptors (Lipinski definition) is 6. The molecule has 0 radical (unpaired) electrons. The monoisotopic (exact) mass is 451 g/mol. The van der Waals surface area contributed by atoms with Crippen LogP contribution in [0.5, 0.6) is 11.5 Å². The number of nitrogens with zero attached hydrogens (tertiary/aromatic N) is 3. The van der Waals surface area contributed by atoms with Crippen molar-refractivity contribution >= 4 is 22.5 Å². The van der Waals surface area contributed by atoms with Gasteiger partial charge in [-0.3, -0.25) is 0 Å². The number of furan rings is 1. The van der Waals surface area contributed by atoms with Gasteiger partial charge < -0.3 is 18.8 Å². The van der Waals surface area contributed by atoms with Gasteiger partial charge in [0.1, 0.15) is 5.76 Å². The average Bonchev–Trinajstić information content (AvgIpc) is 3.40. The number of aromatic nitrogens is 2. The molecule has 0 atom stereocenters. The molecule has 0 bridgehead atoms. The second-order valence-electron chi connectivity index (χ2n) is 7.96. The van der Waals surface area contributed by atoms with Crippen LogP contribution in [0.1, 0.15) is 11.3 Å². The third-order valence-corrected chi connectivity index (χ3v) is 5.70. The van der Waals surface area contributed by atoms with Crippen LogP contribution in [0.15, 0.2) is 89.5 Å². The molecule has 3 aromatic carbocycles. The van der Waals surface area contributed by atoms with E-state index in [1.54, 1.807) is 20.5 Å². The molecule has 5 rings (SSSR count). The maximum atomic E-state index is 5.67. The largest absolute Gasteiger partial charge is 0.493 e. The van der Waals surface area contributed by atoms with E-state index in [-0.39, 0.29) is 0 Å². The van der Waals surface area contributed by atoms with Gasteiger partial charge in [0.2, 0.25) is 5.95 Å². The number of methoxy groups -OCH3 is 2. The molecule has 6 heteroatoms. The van der Waals surface area contributed by atoms with Gasteiger partial charge in [-0.15, -0.1) is 0 Å². The standard InChI is InChI=1S/C28H25N3O3/c1-19-11-13-24-23(16-19)27(20-8-5-4-6-9-20)30-28(29-24)31(18-22-10-7-15-34-22)21-12-14-25(32-2)26(17-21)33-3/h4-17H,18H2,1-3H3. The fraction of sp³-hybridized carbons (Fsp3) is 0.143. The van der Waals surface area contributed by atoms with Crippen LogP contribution in [0.3, 0.4) is 0 Å². The van der Waals surface area contributed by atoms with Gasteiger partial charge in [0.25, 0.3) is 0 Å². The summed E-state index contributed by atoms with van der Waals surface area (Å²) < 4.78 is 16.7. The molecule has 0 unspecified atom stereocenters. The molecular formula is C28H25N3O3. The SMILES string of the molecule is COc1ccc(N(Cc2ccco2)c2nc(-c3ccccc3)c3cc(C)ccc3n2)cc1OC. The maximum Gasteiger partial charge on any atom is 0.231 e. The topological polar surface area (TPSA) is 60.6 Å². The first kappa shape index (κ1) is 21.5. The molecule has 2 heterocycles. The number of fused-ring (bicyclic) bond motifs is 1. The van der Waals surface area contributed by atoms with E-state index < -0.39 is 0 Å². The minimum atomic E-state index is 0.452. The quantitative estimate of drug-likeness (QED) is 0.279. The molecule has 0 amide bonds. The summed E-state index contributed by atoms with van der Waals surface area (Å²) >= 11 is 0. The van der Waals surface area contributed by atoms with Crippen molar-refractivity contribution in [1.29, 1.82) is 0 Å². The van der Waals surface area contributed by atoms with E-state index >= 15 is 0 Å².